The molecular weight excluding hydrogens is 310 g/mol. The van der Waals surface area contributed by atoms with Gasteiger partial charge in [0.2, 0.25) is 11.1 Å². The molecule has 1 heterocycles. The molecule has 0 aliphatic heterocycles. The lowest BCUT2D eigenvalue weighted by molar-refractivity contribution is 0.290. The number of fused-ring (bicyclic) bond motifs is 1. The first-order chi connectivity index (χ1) is 11.0. The van der Waals surface area contributed by atoms with Gasteiger partial charge in [0.15, 0.2) is 0 Å². The molecule has 0 unspecified atom stereocenters. The molecule has 0 spiro atoms. The van der Waals surface area contributed by atoms with Crippen LogP contribution in [-0.4, -0.2) is 31.6 Å². The number of H-pyrrole nitrogens is 1. The fourth-order valence-electron chi connectivity index (χ4n) is 3.75. The number of nitrogens with zero attached hydrogens (tertiary/aromatic N) is 2. The number of hydrogen-bond acceptors (Lipinski definition) is 6. The summed E-state index contributed by atoms with van der Waals surface area (Å²) < 4.78 is 0. The largest absolute Gasteiger partial charge is 0.508 e. The fraction of sp³-hybridized carbons (Fsp3) is 0.500. The van der Waals surface area contributed by atoms with E-state index in [0.717, 1.165) is 19.3 Å². The van der Waals surface area contributed by atoms with E-state index in [1.165, 1.54) is 11.1 Å². The van der Waals surface area contributed by atoms with Crippen molar-refractivity contribution in [2.45, 2.75) is 55.0 Å². The fourth-order valence-corrected chi connectivity index (χ4v) is 4.94. The Morgan fingerprint density at radius 3 is 2.74 bits per heavy atom. The third-order valence-corrected chi connectivity index (χ3v) is 6.25. The molecule has 0 fully saturated rings. The van der Waals surface area contributed by atoms with E-state index in [1.54, 1.807) is 17.8 Å². The van der Waals surface area contributed by atoms with Crippen LogP contribution in [0.25, 0.3) is 0 Å². The second kappa shape index (κ2) is 6.05. The third kappa shape index (κ3) is 2.68. The molecule has 7 heteroatoms. The summed E-state index contributed by atoms with van der Waals surface area (Å²) >= 11 is 1.57. The van der Waals surface area contributed by atoms with Gasteiger partial charge in [-0.15, -0.1) is 5.10 Å². The van der Waals surface area contributed by atoms with Crippen molar-refractivity contribution in [2.75, 3.05) is 5.73 Å². The minimum Gasteiger partial charge on any atom is -0.508 e. The third-order valence-electron chi connectivity index (χ3n) is 5.09. The molecular formula is C16H23N5OS. The lowest BCUT2D eigenvalue weighted by atomic mass is 9.63. The number of nitrogen functional groups attached to an aromatic ring is 1. The molecule has 0 bridgehead atoms. The number of aromatic hydroxyl groups is 1. The van der Waals surface area contributed by atoms with Gasteiger partial charge in [0.25, 0.3) is 0 Å². The number of thioether (sulfide) groups is 1. The SMILES string of the molecule is CCC1(CC)c2cc(O)ccc2C[C@H](Sc2n[nH]c(N)n2)[C@H]1N. The average Bonchev–Trinajstić information content (AvgIpc) is 2.95. The highest BCUT2D eigenvalue weighted by Gasteiger charge is 2.45. The van der Waals surface area contributed by atoms with Crippen LogP contribution in [0.1, 0.15) is 37.8 Å². The maximum atomic E-state index is 9.92. The van der Waals surface area contributed by atoms with Gasteiger partial charge in [-0.1, -0.05) is 31.7 Å². The van der Waals surface area contributed by atoms with Crippen LogP contribution in [0.3, 0.4) is 0 Å². The normalized spacial score (nSPS) is 22.7. The number of phenolic OH excluding ortho intramolecular Hbond substituents is 1. The number of benzene rings is 1. The Balaban J connectivity index is 2.00. The summed E-state index contributed by atoms with van der Waals surface area (Å²) in [6, 6.07) is 5.60. The lowest BCUT2D eigenvalue weighted by Crippen LogP contribution is -2.55. The van der Waals surface area contributed by atoms with Crippen LogP contribution in [0.2, 0.25) is 0 Å². The van der Waals surface area contributed by atoms with Gasteiger partial charge in [-0.25, -0.2) is 5.10 Å². The number of phenols is 1. The molecule has 124 valence electrons. The maximum Gasteiger partial charge on any atom is 0.216 e. The van der Waals surface area contributed by atoms with E-state index in [2.05, 4.69) is 29.0 Å². The number of aromatic amines is 1. The number of nitrogens with one attached hydrogen (secondary N) is 1. The molecule has 1 aliphatic carbocycles. The molecule has 1 aliphatic rings. The van der Waals surface area contributed by atoms with E-state index in [0.29, 0.717) is 16.9 Å². The molecule has 23 heavy (non-hydrogen) atoms. The van der Waals surface area contributed by atoms with E-state index >= 15 is 0 Å². The first-order valence-electron chi connectivity index (χ1n) is 7.92. The highest BCUT2D eigenvalue weighted by Crippen LogP contribution is 2.46. The van der Waals surface area contributed by atoms with Crippen LogP contribution in [0.4, 0.5) is 5.95 Å². The number of nitrogens with two attached hydrogens (primary N) is 2. The summed E-state index contributed by atoms with van der Waals surface area (Å²) in [5.41, 5.74) is 14.6. The Kier molecular flexibility index (Phi) is 4.25. The second-order valence-corrected chi connectivity index (χ2v) is 7.30. The lowest BCUT2D eigenvalue weighted by Gasteiger charge is -2.46. The summed E-state index contributed by atoms with van der Waals surface area (Å²) in [5, 5.41) is 17.5. The molecule has 2 atom stereocenters. The Labute approximate surface area is 140 Å². The van der Waals surface area contributed by atoms with Gasteiger partial charge < -0.3 is 16.6 Å². The monoisotopic (exact) mass is 333 g/mol. The molecule has 1 aromatic heterocycles. The zero-order valence-electron chi connectivity index (χ0n) is 13.4. The summed E-state index contributed by atoms with van der Waals surface area (Å²) in [6.07, 6.45) is 2.68. The van der Waals surface area contributed by atoms with Gasteiger partial charge in [0.1, 0.15) is 5.75 Å². The topological polar surface area (TPSA) is 114 Å². The van der Waals surface area contributed by atoms with Crippen molar-refractivity contribution in [2.24, 2.45) is 5.73 Å². The highest BCUT2D eigenvalue weighted by atomic mass is 32.2. The van der Waals surface area contributed by atoms with Crippen molar-refractivity contribution < 1.29 is 5.11 Å². The Morgan fingerprint density at radius 2 is 2.13 bits per heavy atom. The van der Waals surface area contributed by atoms with E-state index in [-0.39, 0.29) is 16.7 Å². The van der Waals surface area contributed by atoms with E-state index in [4.69, 9.17) is 11.5 Å². The number of anilines is 1. The Hall–Kier alpha value is -1.73. The van der Waals surface area contributed by atoms with Crippen molar-refractivity contribution >= 4 is 17.7 Å². The van der Waals surface area contributed by atoms with Crippen molar-refractivity contribution in [3.05, 3.63) is 29.3 Å². The van der Waals surface area contributed by atoms with Crippen molar-refractivity contribution in [3.63, 3.8) is 0 Å². The average molecular weight is 333 g/mol. The zero-order chi connectivity index (χ0) is 16.6. The molecule has 0 radical (unpaired) electrons. The quantitative estimate of drug-likeness (QED) is 0.682. The summed E-state index contributed by atoms with van der Waals surface area (Å²) in [6.45, 7) is 4.32. The van der Waals surface area contributed by atoms with Crippen molar-refractivity contribution in [1.82, 2.24) is 15.2 Å². The number of rotatable bonds is 4. The Bertz CT molecular complexity index is 698. The van der Waals surface area contributed by atoms with Crippen LogP contribution in [-0.2, 0) is 11.8 Å². The summed E-state index contributed by atoms with van der Waals surface area (Å²) in [7, 11) is 0. The van der Waals surface area contributed by atoms with Gasteiger partial charge in [-0.3, -0.25) is 0 Å². The predicted octanol–water partition coefficient (Wildman–Crippen LogP) is 2.19. The molecule has 1 aromatic carbocycles. The van der Waals surface area contributed by atoms with Gasteiger partial charge in [-0.2, -0.15) is 4.98 Å². The van der Waals surface area contributed by atoms with Crippen molar-refractivity contribution in [3.8, 4) is 5.75 Å². The number of hydrogen-bond donors (Lipinski definition) is 4. The van der Waals surface area contributed by atoms with Gasteiger partial charge in [0.05, 0.1) is 0 Å². The van der Waals surface area contributed by atoms with E-state index < -0.39 is 0 Å². The zero-order valence-corrected chi connectivity index (χ0v) is 14.2. The van der Waals surface area contributed by atoms with E-state index in [9.17, 15) is 5.11 Å². The van der Waals surface area contributed by atoms with E-state index in [1.807, 2.05) is 12.1 Å². The van der Waals surface area contributed by atoms with Crippen LogP contribution in [0, 0.1) is 0 Å². The molecule has 0 saturated heterocycles. The standard InChI is InChI=1S/C16H23N5OS/c1-3-16(4-2)11-8-10(22)6-5-9(11)7-12(13(16)17)23-15-19-14(18)20-21-15/h5-6,8,12-13,22H,3-4,7,17H2,1-2H3,(H3,18,19,20,21)/t12-,13+/m0/s1. The molecule has 6 N–H and O–H groups in total. The smallest absolute Gasteiger partial charge is 0.216 e. The molecule has 3 rings (SSSR count). The first-order valence-corrected chi connectivity index (χ1v) is 8.80. The highest BCUT2D eigenvalue weighted by molar-refractivity contribution is 7.99. The molecule has 2 aromatic rings. The van der Waals surface area contributed by atoms with Crippen LogP contribution in [0.15, 0.2) is 23.4 Å². The second-order valence-electron chi connectivity index (χ2n) is 6.09. The Morgan fingerprint density at radius 1 is 1.39 bits per heavy atom. The van der Waals surface area contributed by atoms with Crippen LogP contribution >= 0.6 is 11.8 Å². The number of aromatic nitrogens is 3. The van der Waals surface area contributed by atoms with Gasteiger partial charge >= 0.3 is 0 Å². The maximum absolute atomic E-state index is 9.92. The molecule has 0 saturated carbocycles. The van der Waals surface area contributed by atoms with Crippen LogP contribution in [0.5, 0.6) is 5.75 Å². The van der Waals surface area contributed by atoms with Gasteiger partial charge in [0, 0.05) is 16.7 Å². The van der Waals surface area contributed by atoms with Crippen molar-refractivity contribution in [1.29, 1.82) is 0 Å². The minimum absolute atomic E-state index is 0.0449. The summed E-state index contributed by atoms with van der Waals surface area (Å²) in [4.78, 5) is 4.19. The first kappa shape index (κ1) is 16.1. The molecule has 0 amide bonds. The predicted molar refractivity (Wildman–Crippen MR) is 92.5 cm³/mol. The summed E-state index contributed by atoms with van der Waals surface area (Å²) in [5.74, 6) is 0.620. The molecule has 6 nitrogen and oxygen atoms in total. The van der Waals surface area contributed by atoms with Gasteiger partial charge in [-0.05, 0) is 42.5 Å². The van der Waals surface area contributed by atoms with Crippen LogP contribution < -0.4 is 11.5 Å². The minimum atomic E-state index is -0.147.